The van der Waals surface area contributed by atoms with Crippen molar-refractivity contribution >= 4 is 9.84 Å². The lowest BCUT2D eigenvalue weighted by Crippen LogP contribution is -2.05. The molecule has 2 rings (SSSR count). The Morgan fingerprint density at radius 3 is 2.50 bits per heavy atom. The summed E-state index contributed by atoms with van der Waals surface area (Å²) in [7, 11) is -3.36. The molecule has 1 atom stereocenters. The highest BCUT2D eigenvalue weighted by molar-refractivity contribution is 7.90. The van der Waals surface area contributed by atoms with Gasteiger partial charge in [0.25, 0.3) is 0 Å². The van der Waals surface area contributed by atoms with Gasteiger partial charge in [-0.1, -0.05) is 29.8 Å². The Bertz CT molecular complexity index is 739. The van der Waals surface area contributed by atoms with Crippen molar-refractivity contribution in [1.82, 2.24) is 0 Å². The van der Waals surface area contributed by atoms with Gasteiger partial charge in [-0.2, -0.15) is 0 Å². The average molecular weight is 294 g/mol. The minimum atomic E-state index is -3.36. The summed E-state index contributed by atoms with van der Waals surface area (Å²) < 4.78 is 36.8. The SMILES string of the molecule is Cc1ccc(F)c(C(O)c2cccc(S(C)(=O)=O)c2)c1. The highest BCUT2D eigenvalue weighted by atomic mass is 32.2. The summed E-state index contributed by atoms with van der Waals surface area (Å²) in [6.07, 6.45) is -0.109. The van der Waals surface area contributed by atoms with Crippen LogP contribution in [0.4, 0.5) is 4.39 Å². The molecule has 0 radical (unpaired) electrons. The van der Waals surface area contributed by atoms with Crippen LogP contribution < -0.4 is 0 Å². The van der Waals surface area contributed by atoms with E-state index < -0.39 is 21.8 Å². The van der Waals surface area contributed by atoms with Crippen LogP contribution in [0.2, 0.25) is 0 Å². The lowest BCUT2D eigenvalue weighted by atomic mass is 9.99. The number of aliphatic hydroxyl groups is 1. The maximum absolute atomic E-state index is 13.8. The number of aryl methyl sites for hydroxylation is 1. The third kappa shape index (κ3) is 3.05. The topological polar surface area (TPSA) is 54.4 Å². The van der Waals surface area contributed by atoms with Crippen LogP contribution in [0.15, 0.2) is 47.4 Å². The van der Waals surface area contributed by atoms with Gasteiger partial charge in [-0.05, 0) is 30.7 Å². The molecule has 0 saturated heterocycles. The van der Waals surface area contributed by atoms with Gasteiger partial charge in [-0.15, -0.1) is 0 Å². The second-order valence-corrected chi connectivity index (χ2v) is 6.79. The van der Waals surface area contributed by atoms with E-state index in [0.717, 1.165) is 11.8 Å². The number of rotatable bonds is 3. The van der Waals surface area contributed by atoms with Crippen LogP contribution in [-0.4, -0.2) is 19.8 Å². The van der Waals surface area contributed by atoms with E-state index in [2.05, 4.69) is 0 Å². The summed E-state index contributed by atoms with van der Waals surface area (Å²) in [5, 5.41) is 10.3. The minimum absolute atomic E-state index is 0.0992. The van der Waals surface area contributed by atoms with Gasteiger partial charge in [0.15, 0.2) is 9.84 Å². The fraction of sp³-hybridized carbons (Fsp3) is 0.200. The summed E-state index contributed by atoms with van der Waals surface area (Å²) in [6, 6.07) is 10.4. The van der Waals surface area contributed by atoms with Crippen LogP contribution in [0.25, 0.3) is 0 Å². The summed E-state index contributed by atoms with van der Waals surface area (Å²) in [5.74, 6) is -0.521. The fourth-order valence-electron chi connectivity index (χ4n) is 1.97. The molecule has 2 aromatic carbocycles. The Hall–Kier alpha value is -1.72. The summed E-state index contributed by atoms with van der Waals surface area (Å²) in [4.78, 5) is 0.0992. The third-order valence-corrected chi connectivity index (χ3v) is 4.16. The molecule has 1 unspecified atom stereocenters. The van der Waals surface area contributed by atoms with Crippen molar-refractivity contribution in [2.24, 2.45) is 0 Å². The van der Waals surface area contributed by atoms with Crippen molar-refractivity contribution in [1.29, 1.82) is 0 Å². The van der Waals surface area contributed by atoms with Gasteiger partial charge in [-0.3, -0.25) is 0 Å². The number of aliphatic hydroxyl groups excluding tert-OH is 1. The van der Waals surface area contributed by atoms with Crippen molar-refractivity contribution in [2.75, 3.05) is 6.26 Å². The van der Waals surface area contributed by atoms with Crippen molar-refractivity contribution in [3.05, 3.63) is 65.0 Å². The van der Waals surface area contributed by atoms with Gasteiger partial charge >= 0.3 is 0 Å². The largest absolute Gasteiger partial charge is 0.384 e. The second-order valence-electron chi connectivity index (χ2n) is 4.77. The smallest absolute Gasteiger partial charge is 0.175 e. The van der Waals surface area contributed by atoms with Crippen LogP contribution in [0.3, 0.4) is 0 Å². The Kier molecular flexibility index (Phi) is 3.92. The van der Waals surface area contributed by atoms with E-state index in [1.54, 1.807) is 25.1 Å². The summed E-state index contributed by atoms with van der Waals surface area (Å²) in [5.41, 5.74) is 1.30. The molecule has 2 aromatic rings. The zero-order valence-corrected chi connectivity index (χ0v) is 12.0. The molecule has 20 heavy (non-hydrogen) atoms. The van der Waals surface area contributed by atoms with Crippen molar-refractivity contribution < 1.29 is 17.9 Å². The molecule has 0 amide bonds. The molecule has 0 aliphatic heterocycles. The molecule has 0 aliphatic carbocycles. The fourth-order valence-corrected chi connectivity index (χ4v) is 2.64. The zero-order valence-electron chi connectivity index (χ0n) is 11.2. The van der Waals surface area contributed by atoms with E-state index in [1.165, 1.54) is 24.3 Å². The Morgan fingerprint density at radius 2 is 1.85 bits per heavy atom. The Labute approximate surface area is 117 Å². The molecule has 0 aliphatic rings. The quantitative estimate of drug-likeness (QED) is 0.946. The number of hydrogen-bond acceptors (Lipinski definition) is 3. The molecule has 0 spiro atoms. The molecule has 3 nitrogen and oxygen atoms in total. The van der Waals surface area contributed by atoms with Crippen LogP contribution in [0, 0.1) is 12.7 Å². The van der Waals surface area contributed by atoms with Gasteiger partial charge in [0, 0.05) is 11.8 Å². The number of hydrogen-bond donors (Lipinski definition) is 1. The molecule has 0 fully saturated rings. The van der Waals surface area contributed by atoms with Crippen molar-refractivity contribution in [3.63, 3.8) is 0 Å². The van der Waals surface area contributed by atoms with E-state index in [9.17, 15) is 17.9 Å². The molecular formula is C15H15FO3S. The first-order chi connectivity index (χ1) is 9.29. The van der Waals surface area contributed by atoms with E-state index in [-0.39, 0.29) is 10.5 Å². The summed E-state index contributed by atoms with van der Waals surface area (Å²) >= 11 is 0. The van der Waals surface area contributed by atoms with Gasteiger partial charge in [0.2, 0.25) is 0 Å². The van der Waals surface area contributed by atoms with Gasteiger partial charge in [0.05, 0.1) is 4.90 Å². The van der Waals surface area contributed by atoms with Gasteiger partial charge in [-0.25, -0.2) is 12.8 Å². The second kappa shape index (κ2) is 5.34. The molecule has 0 bridgehead atoms. The zero-order chi connectivity index (χ0) is 14.9. The number of halogens is 1. The maximum Gasteiger partial charge on any atom is 0.175 e. The van der Waals surface area contributed by atoms with Crippen LogP contribution in [0.5, 0.6) is 0 Å². The highest BCUT2D eigenvalue weighted by Crippen LogP contribution is 2.26. The van der Waals surface area contributed by atoms with E-state index in [0.29, 0.717) is 5.56 Å². The lowest BCUT2D eigenvalue weighted by molar-refractivity contribution is 0.214. The average Bonchev–Trinajstić information content (AvgIpc) is 2.40. The van der Waals surface area contributed by atoms with Crippen LogP contribution >= 0.6 is 0 Å². The maximum atomic E-state index is 13.8. The first kappa shape index (κ1) is 14.7. The lowest BCUT2D eigenvalue weighted by Gasteiger charge is -2.14. The Morgan fingerprint density at radius 1 is 1.15 bits per heavy atom. The molecular weight excluding hydrogens is 279 g/mol. The van der Waals surface area contributed by atoms with E-state index in [1.807, 2.05) is 0 Å². The predicted molar refractivity (Wildman–Crippen MR) is 74.8 cm³/mol. The first-order valence-electron chi connectivity index (χ1n) is 6.03. The van der Waals surface area contributed by atoms with E-state index >= 15 is 0 Å². The molecule has 1 N–H and O–H groups in total. The van der Waals surface area contributed by atoms with E-state index in [4.69, 9.17) is 0 Å². The van der Waals surface area contributed by atoms with Crippen molar-refractivity contribution in [2.45, 2.75) is 17.9 Å². The number of sulfone groups is 1. The van der Waals surface area contributed by atoms with Gasteiger partial charge < -0.3 is 5.11 Å². The third-order valence-electron chi connectivity index (χ3n) is 3.05. The molecule has 5 heteroatoms. The monoisotopic (exact) mass is 294 g/mol. The highest BCUT2D eigenvalue weighted by Gasteiger charge is 2.17. The van der Waals surface area contributed by atoms with Crippen LogP contribution in [0.1, 0.15) is 22.8 Å². The first-order valence-corrected chi connectivity index (χ1v) is 7.92. The predicted octanol–water partition coefficient (Wildman–Crippen LogP) is 2.62. The van der Waals surface area contributed by atoms with Crippen molar-refractivity contribution in [3.8, 4) is 0 Å². The number of benzene rings is 2. The standard InChI is InChI=1S/C15H15FO3S/c1-10-6-7-14(16)13(8-10)15(17)11-4-3-5-12(9-11)20(2,18)19/h3-9,15,17H,1-2H3. The van der Waals surface area contributed by atoms with Crippen LogP contribution in [-0.2, 0) is 9.84 Å². The molecule has 0 saturated carbocycles. The normalized spacial score (nSPS) is 13.2. The Balaban J connectivity index is 2.48. The molecule has 106 valence electrons. The minimum Gasteiger partial charge on any atom is -0.384 e. The van der Waals surface area contributed by atoms with Gasteiger partial charge in [0.1, 0.15) is 11.9 Å². The summed E-state index contributed by atoms with van der Waals surface area (Å²) in [6.45, 7) is 1.79. The molecule has 0 aromatic heterocycles. The molecule has 0 heterocycles.